The summed E-state index contributed by atoms with van der Waals surface area (Å²) in [4.78, 5) is 25.4. The van der Waals surface area contributed by atoms with E-state index in [0.29, 0.717) is 12.6 Å². The van der Waals surface area contributed by atoms with E-state index in [9.17, 15) is 9.59 Å². The second-order valence-electron chi connectivity index (χ2n) is 5.27. The van der Waals surface area contributed by atoms with Gasteiger partial charge in [-0.25, -0.2) is 0 Å². The highest BCUT2D eigenvalue weighted by Gasteiger charge is 2.30. The number of rotatable bonds is 6. The molecule has 5 heteroatoms. The highest BCUT2D eigenvalue weighted by atomic mass is 16.5. The highest BCUT2D eigenvalue weighted by Crippen LogP contribution is 2.21. The summed E-state index contributed by atoms with van der Waals surface area (Å²) in [5.41, 5.74) is 0. The van der Waals surface area contributed by atoms with Crippen molar-refractivity contribution in [3.05, 3.63) is 0 Å². The minimum absolute atomic E-state index is 0.00212. The lowest BCUT2D eigenvalue weighted by molar-refractivity contribution is -0.144. The molecule has 1 N–H and O–H groups in total. The largest absolute Gasteiger partial charge is 0.468 e. The molecule has 0 aliphatic carbocycles. The van der Waals surface area contributed by atoms with Gasteiger partial charge in [-0.15, -0.1) is 0 Å². The smallest absolute Gasteiger partial charge is 0.319 e. The molecular formula is C14H26N2O3. The SMILES string of the molecule is CCCCNC(=O)[C@H]1CC[C@H](C)N(CC(=O)OC)C1. The molecule has 0 saturated carbocycles. The molecule has 0 radical (unpaired) electrons. The fourth-order valence-electron chi connectivity index (χ4n) is 2.38. The lowest BCUT2D eigenvalue weighted by Gasteiger charge is -2.36. The van der Waals surface area contributed by atoms with Gasteiger partial charge in [-0.3, -0.25) is 14.5 Å². The number of hydrogen-bond acceptors (Lipinski definition) is 4. The second-order valence-corrected chi connectivity index (χ2v) is 5.27. The fourth-order valence-corrected chi connectivity index (χ4v) is 2.38. The van der Waals surface area contributed by atoms with E-state index >= 15 is 0 Å². The minimum Gasteiger partial charge on any atom is -0.468 e. The third-order valence-electron chi connectivity index (χ3n) is 3.77. The van der Waals surface area contributed by atoms with Crippen molar-refractivity contribution in [2.45, 2.75) is 45.6 Å². The zero-order valence-electron chi connectivity index (χ0n) is 12.3. The minimum atomic E-state index is -0.237. The molecular weight excluding hydrogens is 244 g/mol. The van der Waals surface area contributed by atoms with Gasteiger partial charge >= 0.3 is 5.97 Å². The van der Waals surface area contributed by atoms with Gasteiger partial charge in [-0.2, -0.15) is 0 Å². The monoisotopic (exact) mass is 270 g/mol. The van der Waals surface area contributed by atoms with E-state index in [-0.39, 0.29) is 24.3 Å². The number of amides is 1. The maximum absolute atomic E-state index is 12.0. The summed E-state index contributed by atoms with van der Waals surface area (Å²) >= 11 is 0. The standard InChI is InChI=1S/C14H26N2O3/c1-4-5-8-15-14(18)12-7-6-11(2)16(9-12)10-13(17)19-3/h11-12H,4-10H2,1-3H3,(H,15,18)/t11-,12-/m0/s1. The molecule has 1 rings (SSSR count). The van der Waals surface area contributed by atoms with Crippen LogP contribution in [-0.2, 0) is 14.3 Å². The number of hydrogen-bond donors (Lipinski definition) is 1. The van der Waals surface area contributed by atoms with Gasteiger partial charge in [-0.1, -0.05) is 13.3 Å². The predicted molar refractivity (Wildman–Crippen MR) is 73.7 cm³/mol. The summed E-state index contributed by atoms with van der Waals surface area (Å²) in [5.74, 6) is -0.119. The number of ether oxygens (including phenoxy) is 1. The Balaban J connectivity index is 2.44. The molecule has 5 nitrogen and oxygen atoms in total. The van der Waals surface area contributed by atoms with Crippen molar-refractivity contribution in [1.29, 1.82) is 0 Å². The predicted octanol–water partition coefficient (Wildman–Crippen LogP) is 1.18. The first-order valence-electron chi connectivity index (χ1n) is 7.17. The average Bonchev–Trinajstić information content (AvgIpc) is 2.41. The highest BCUT2D eigenvalue weighted by molar-refractivity contribution is 5.79. The number of methoxy groups -OCH3 is 1. The Morgan fingerprint density at radius 1 is 1.37 bits per heavy atom. The molecule has 19 heavy (non-hydrogen) atoms. The summed E-state index contributed by atoms with van der Waals surface area (Å²) in [5, 5.41) is 2.97. The van der Waals surface area contributed by atoms with Crippen LogP contribution in [0.4, 0.5) is 0 Å². The third-order valence-corrected chi connectivity index (χ3v) is 3.77. The van der Waals surface area contributed by atoms with E-state index in [2.05, 4.69) is 19.2 Å². The zero-order valence-corrected chi connectivity index (χ0v) is 12.3. The van der Waals surface area contributed by atoms with Crippen molar-refractivity contribution in [2.24, 2.45) is 5.92 Å². The normalized spacial score (nSPS) is 23.9. The third kappa shape index (κ3) is 5.19. The Hall–Kier alpha value is -1.10. The molecule has 0 aromatic rings. The number of nitrogens with one attached hydrogen (secondary N) is 1. The van der Waals surface area contributed by atoms with Crippen molar-refractivity contribution in [3.8, 4) is 0 Å². The molecule has 1 aliphatic rings. The fraction of sp³-hybridized carbons (Fsp3) is 0.857. The average molecular weight is 270 g/mol. The summed E-state index contributed by atoms with van der Waals surface area (Å²) in [6, 6.07) is 0.332. The van der Waals surface area contributed by atoms with Crippen LogP contribution < -0.4 is 5.32 Å². The first kappa shape index (κ1) is 16.0. The van der Waals surface area contributed by atoms with E-state index in [1.807, 2.05) is 4.90 Å². The maximum Gasteiger partial charge on any atom is 0.319 e. The molecule has 110 valence electrons. The van der Waals surface area contributed by atoms with Gasteiger partial charge < -0.3 is 10.1 Å². The second kappa shape index (κ2) is 8.15. The van der Waals surface area contributed by atoms with Crippen molar-refractivity contribution in [2.75, 3.05) is 26.7 Å². The Bertz CT molecular complexity index is 307. The summed E-state index contributed by atoms with van der Waals surface area (Å²) in [6.45, 7) is 5.86. The molecule has 0 bridgehead atoms. The number of carbonyl (C=O) groups excluding carboxylic acids is 2. The van der Waals surface area contributed by atoms with Gasteiger partial charge in [0, 0.05) is 19.1 Å². The lowest BCUT2D eigenvalue weighted by atomic mass is 9.92. The van der Waals surface area contributed by atoms with Gasteiger partial charge in [0.2, 0.25) is 5.91 Å². The van der Waals surface area contributed by atoms with E-state index in [1.54, 1.807) is 0 Å². The van der Waals surface area contributed by atoms with Crippen LogP contribution in [0.3, 0.4) is 0 Å². The molecule has 1 aliphatic heterocycles. The van der Waals surface area contributed by atoms with E-state index < -0.39 is 0 Å². The zero-order chi connectivity index (χ0) is 14.3. The molecule has 1 fully saturated rings. The molecule has 0 unspecified atom stereocenters. The van der Waals surface area contributed by atoms with Crippen molar-refractivity contribution in [1.82, 2.24) is 10.2 Å². The summed E-state index contributed by atoms with van der Waals surface area (Å²) < 4.78 is 4.70. The molecule has 0 aromatic carbocycles. The van der Waals surface area contributed by atoms with E-state index in [0.717, 1.165) is 32.2 Å². The first-order chi connectivity index (χ1) is 9.08. The van der Waals surface area contributed by atoms with Crippen LogP contribution in [0.15, 0.2) is 0 Å². The number of esters is 1. The molecule has 0 aromatic heterocycles. The van der Waals surface area contributed by atoms with E-state index in [4.69, 9.17) is 4.74 Å². The molecule has 2 atom stereocenters. The molecule has 0 spiro atoms. The quantitative estimate of drug-likeness (QED) is 0.581. The van der Waals surface area contributed by atoms with Crippen LogP contribution in [-0.4, -0.2) is 49.6 Å². The number of unbranched alkanes of at least 4 members (excludes halogenated alkanes) is 1. The number of carbonyl (C=O) groups is 2. The van der Waals surface area contributed by atoms with Crippen LogP contribution in [0.5, 0.6) is 0 Å². The maximum atomic E-state index is 12.0. The van der Waals surface area contributed by atoms with Gasteiger partial charge in [0.25, 0.3) is 0 Å². The molecule has 1 heterocycles. The Kier molecular flexibility index (Phi) is 6.84. The number of nitrogens with zero attached hydrogens (tertiary/aromatic N) is 1. The summed E-state index contributed by atoms with van der Waals surface area (Å²) in [7, 11) is 1.39. The van der Waals surface area contributed by atoms with Gasteiger partial charge in [-0.05, 0) is 26.2 Å². The van der Waals surface area contributed by atoms with Crippen LogP contribution in [0.25, 0.3) is 0 Å². The van der Waals surface area contributed by atoms with E-state index in [1.165, 1.54) is 7.11 Å². The molecule has 1 saturated heterocycles. The van der Waals surface area contributed by atoms with Crippen LogP contribution in [0, 0.1) is 5.92 Å². The molecule has 1 amide bonds. The van der Waals surface area contributed by atoms with Crippen molar-refractivity contribution < 1.29 is 14.3 Å². The van der Waals surface area contributed by atoms with Crippen LogP contribution in [0.2, 0.25) is 0 Å². The van der Waals surface area contributed by atoms with Crippen molar-refractivity contribution >= 4 is 11.9 Å². The van der Waals surface area contributed by atoms with Crippen LogP contribution >= 0.6 is 0 Å². The Morgan fingerprint density at radius 2 is 2.11 bits per heavy atom. The van der Waals surface area contributed by atoms with Gasteiger partial charge in [0.1, 0.15) is 0 Å². The topological polar surface area (TPSA) is 58.6 Å². The summed E-state index contributed by atoms with van der Waals surface area (Å²) in [6.07, 6.45) is 3.94. The Labute approximate surface area is 115 Å². The van der Waals surface area contributed by atoms with Gasteiger partial charge in [0.15, 0.2) is 0 Å². The first-order valence-corrected chi connectivity index (χ1v) is 7.17. The Morgan fingerprint density at radius 3 is 2.74 bits per heavy atom. The van der Waals surface area contributed by atoms with Gasteiger partial charge in [0.05, 0.1) is 19.6 Å². The number of piperidine rings is 1. The lowest BCUT2D eigenvalue weighted by Crippen LogP contribution is -2.48. The number of likely N-dealkylation sites (tertiary alicyclic amines) is 1. The van der Waals surface area contributed by atoms with Crippen LogP contribution in [0.1, 0.15) is 39.5 Å². The van der Waals surface area contributed by atoms with Crippen molar-refractivity contribution in [3.63, 3.8) is 0 Å².